The predicted octanol–water partition coefficient (Wildman–Crippen LogP) is 12.9. The Labute approximate surface area is 299 Å². The topological polar surface area (TPSA) is 38.7 Å². The van der Waals surface area contributed by atoms with E-state index >= 15 is 0 Å². The van der Waals surface area contributed by atoms with Crippen molar-refractivity contribution < 1.29 is 0 Å². The average molecular weight is 668 g/mol. The number of fused-ring (bicyclic) bond motifs is 6. The van der Waals surface area contributed by atoms with Crippen molar-refractivity contribution in [2.24, 2.45) is 0 Å². The molecule has 2 heterocycles. The van der Waals surface area contributed by atoms with Crippen molar-refractivity contribution >= 4 is 53.1 Å². The molecule has 0 saturated carbocycles. The summed E-state index contributed by atoms with van der Waals surface area (Å²) in [6, 6.07) is 62.2. The van der Waals surface area contributed by atoms with Crippen LogP contribution in [0.2, 0.25) is 0 Å². The molecule has 51 heavy (non-hydrogen) atoms. The van der Waals surface area contributed by atoms with Crippen LogP contribution < -0.4 is 0 Å². The summed E-state index contributed by atoms with van der Waals surface area (Å²) in [4.78, 5) is 15.5. The standard InChI is InChI=1S/C47H29N3S/c1-3-11-30(12-4-1)37-25-26-38-29-41(43-39-17-9-10-18-42(39)51-44(43)40(38)28-37)47-49-45(33-14-5-2-6-15-33)48-46(50-47)34-22-19-32(20-23-34)36-24-21-31-13-7-8-16-35(31)27-36/h1-29H. The molecule has 10 rings (SSSR count). The Balaban J connectivity index is 1.17. The SMILES string of the molecule is c1ccc(-c2ccc3cc(-c4nc(-c5ccccc5)nc(-c5ccc(-c6ccc7ccccc7c6)cc5)n4)c4c5ccccc5sc4c3c2)cc1. The van der Waals surface area contributed by atoms with Gasteiger partial charge in [0.25, 0.3) is 0 Å². The van der Waals surface area contributed by atoms with E-state index in [1.807, 2.05) is 29.5 Å². The van der Waals surface area contributed by atoms with Gasteiger partial charge in [0.2, 0.25) is 0 Å². The van der Waals surface area contributed by atoms with Crippen LogP contribution >= 0.6 is 11.3 Å². The summed E-state index contributed by atoms with van der Waals surface area (Å²) in [5, 5.41) is 7.25. The van der Waals surface area contributed by atoms with E-state index in [0.717, 1.165) is 27.6 Å². The molecule has 0 fully saturated rings. The van der Waals surface area contributed by atoms with E-state index in [-0.39, 0.29) is 0 Å². The van der Waals surface area contributed by atoms with Crippen molar-refractivity contribution in [2.75, 3.05) is 0 Å². The maximum atomic E-state index is 5.23. The normalized spacial score (nSPS) is 11.5. The largest absolute Gasteiger partial charge is 0.208 e. The molecule has 3 nitrogen and oxygen atoms in total. The first-order valence-electron chi connectivity index (χ1n) is 17.1. The van der Waals surface area contributed by atoms with Crippen LogP contribution in [0.4, 0.5) is 0 Å². The van der Waals surface area contributed by atoms with Crippen molar-refractivity contribution in [3.8, 4) is 56.4 Å². The first-order valence-corrected chi connectivity index (χ1v) is 17.9. The third-order valence-electron chi connectivity index (χ3n) is 9.70. The smallest absolute Gasteiger partial charge is 0.164 e. The second kappa shape index (κ2) is 12.1. The highest BCUT2D eigenvalue weighted by atomic mass is 32.1. The number of aromatic nitrogens is 3. The minimum absolute atomic E-state index is 0.649. The monoisotopic (exact) mass is 667 g/mol. The van der Waals surface area contributed by atoms with Crippen LogP contribution in [-0.4, -0.2) is 15.0 Å². The lowest BCUT2D eigenvalue weighted by Gasteiger charge is -2.12. The van der Waals surface area contributed by atoms with E-state index < -0.39 is 0 Å². The fourth-order valence-electron chi connectivity index (χ4n) is 7.12. The second-order valence-corrected chi connectivity index (χ2v) is 13.9. The molecule has 0 aliphatic carbocycles. The summed E-state index contributed by atoms with van der Waals surface area (Å²) in [7, 11) is 0. The molecule has 0 bridgehead atoms. The summed E-state index contributed by atoms with van der Waals surface area (Å²) in [5.74, 6) is 1.97. The molecule has 0 atom stereocenters. The minimum Gasteiger partial charge on any atom is -0.208 e. The van der Waals surface area contributed by atoms with Crippen molar-refractivity contribution in [1.29, 1.82) is 0 Å². The van der Waals surface area contributed by atoms with Crippen molar-refractivity contribution in [3.63, 3.8) is 0 Å². The van der Waals surface area contributed by atoms with E-state index in [1.54, 1.807) is 0 Å². The second-order valence-electron chi connectivity index (χ2n) is 12.8. The van der Waals surface area contributed by atoms with Gasteiger partial charge in [-0.25, -0.2) is 15.0 Å². The van der Waals surface area contributed by atoms with Gasteiger partial charge in [0.05, 0.1) is 0 Å². The molecule has 0 saturated heterocycles. The zero-order chi connectivity index (χ0) is 33.7. The molecular weight excluding hydrogens is 639 g/mol. The Morgan fingerprint density at radius 3 is 1.63 bits per heavy atom. The first kappa shape index (κ1) is 29.4. The zero-order valence-electron chi connectivity index (χ0n) is 27.5. The molecule has 0 radical (unpaired) electrons. The zero-order valence-corrected chi connectivity index (χ0v) is 28.3. The lowest BCUT2D eigenvalue weighted by Crippen LogP contribution is -2.00. The van der Waals surface area contributed by atoms with Crippen LogP contribution in [0.15, 0.2) is 176 Å². The molecule has 0 spiro atoms. The highest BCUT2D eigenvalue weighted by molar-refractivity contribution is 7.26. The van der Waals surface area contributed by atoms with Gasteiger partial charge in [-0.15, -0.1) is 11.3 Å². The number of nitrogens with zero attached hydrogens (tertiary/aromatic N) is 3. The molecule has 0 amide bonds. The van der Waals surface area contributed by atoms with Gasteiger partial charge in [-0.3, -0.25) is 0 Å². The first-order chi connectivity index (χ1) is 25.2. The highest BCUT2D eigenvalue weighted by Crippen LogP contribution is 2.44. The van der Waals surface area contributed by atoms with Gasteiger partial charge in [-0.2, -0.15) is 0 Å². The van der Waals surface area contributed by atoms with Gasteiger partial charge in [-0.05, 0) is 62.7 Å². The molecule has 4 heteroatoms. The Kier molecular flexibility index (Phi) is 7.00. The fourth-order valence-corrected chi connectivity index (χ4v) is 8.37. The number of hydrogen-bond donors (Lipinski definition) is 0. The highest BCUT2D eigenvalue weighted by Gasteiger charge is 2.19. The van der Waals surface area contributed by atoms with Gasteiger partial charge in [0, 0.05) is 42.2 Å². The molecular formula is C47H29N3S. The number of rotatable bonds is 5. The molecule has 0 aliphatic rings. The average Bonchev–Trinajstić information content (AvgIpc) is 3.61. The van der Waals surface area contributed by atoms with Crippen LogP contribution in [0.25, 0.3) is 98.1 Å². The number of thiophene rings is 1. The Bertz CT molecular complexity index is 2900. The summed E-state index contributed by atoms with van der Waals surface area (Å²) >= 11 is 1.83. The number of hydrogen-bond acceptors (Lipinski definition) is 4. The maximum absolute atomic E-state index is 5.23. The molecule has 238 valence electrons. The summed E-state index contributed by atoms with van der Waals surface area (Å²) in [5.41, 5.74) is 7.65. The van der Waals surface area contributed by atoms with Crippen LogP contribution in [0.1, 0.15) is 0 Å². The Morgan fingerprint density at radius 2 is 0.863 bits per heavy atom. The van der Waals surface area contributed by atoms with E-state index in [1.165, 1.54) is 53.0 Å². The molecule has 0 aliphatic heterocycles. The summed E-state index contributed by atoms with van der Waals surface area (Å²) < 4.78 is 2.48. The van der Waals surface area contributed by atoms with Gasteiger partial charge >= 0.3 is 0 Å². The van der Waals surface area contributed by atoms with E-state index in [4.69, 9.17) is 15.0 Å². The fraction of sp³-hybridized carbons (Fsp3) is 0. The van der Waals surface area contributed by atoms with Gasteiger partial charge in [0.1, 0.15) is 0 Å². The van der Waals surface area contributed by atoms with Crippen molar-refractivity contribution in [2.45, 2.75) is 0 Å². The molecule has 8 aromatic carbocycles. The summed E-state index contributed by atoms with van der Waals surface area (Å²) in [6.45, 7) is 0. The number of benzene rings is 8. The lowest BCUT2D eigenvalue weighted by atomic mass is 9.96. The van der Waals surface area contributed by atoms with Gasteiger partial charge < -0.3 is 0 Å². The van der Waals surface area contributed by atoms with Crippen LogP contribution in [0.5, 0.6) is 0 Å². The van der Waals surface area contributed by atoms with Gasteiger partial charge in [0.15, 0.2) is 17.5 Å². The van der Waals surface area contributed by atoms with Crippen molar-refractivity contribution in [3.05, 3.63) is 176 Å². The molecule has 2 aromatic heterocycles. The third kappa shape index (κ3) is 5.25. The quantitative estimate of drug-likeness (QED) is 0.183. The van der Waals surface area contributed by atoms with Gasteiger partial charge in [-0.1, -0.05) is 152 Å². The lowest BCUT2D eigenvalue weighted by molar-refractivity contribution is 1.08. The Hall–Kier alpha value is -6.49. The van der Waals surface area contributed by atoms with Crippen LogP contribution in [-0.2, 0) is 0 Å². The van der Waals surface area contributed by atoms with E-state index in [9.17, 15) is 0 Å². The minimum atomic E-state index is 0.649. The summed E-state index contributed by atoms with van der Waals surface area (Å²) in [6.07, 6.45) is 0. The predicted molar refractivity (Wildman–Crippen MR) is 215 cm³/mol. The third-order valence-corrected chi connectivity index (χ3v) is 10.9. The van der Waals surface area contributed by atoms with E-state index in [2.05, 4.69) is 158 Å². The molecule has 0 N–H and O–H groups in total. The maximum Gasteiger partial charge on any atom is 0.164 e. The van der Waals surface area contributed by atoms with Crippen molar-refractivity contribution in [1.82, 2.24) is 15.0 Å². The molecule has 0 unspecified atom stereocenters. The van der Waals surface area contributed by atoms with E-state index in [0.29, 0.717) is 17.5 Å². The Morgan fingerprint density at radius 1 is 0.333 bits per heavy atom. The molecule has 10 aromatic rings. The van der Waals surface area contributed by atoms with Crippen LogP contribution in [0, 0.1) is 0 Å². The van der Waals surface area contributed by atoms with Crippen LogP contribution in [0.3, 0.4) is 0 Å².